The lowest BCUT2D eigenvalue weighted by Gasteiger charge is -2.29. The van der Waals surface area contributed by atoms with Gasteiger partial charge in [-0.2, -0.15) is 0 Å². The van der Waals surface area contributed by atoms with Crippen molar-refractivity contribution in [3.8, 4) is 55.6 Å². The molecule has 10 aromatic rings. The summed E-state index contributed by atoms with van der Waals surface area (Å²) in [6.07, 6.45) is 8.94. The lowest BCUT2D eigenvalue weighted by Crippen LogP contribution is -2.11. The third-order valence-corrected chi connectivity index (χ3v) is 12.1. The van der Waals surface area contributed by atoms with Crippen LogP contribution in [0.2, 0.25) is 0 Å². The van der Waals surface area contributed by atoms with Crippen molar-refractivity contribution in [2.45, 2.75) is 12.8 Å². The Kier molecular flexibility index (Phi) is 9.72. The van der Waals surface area contributed by atoms with E-state index in [0.29, 0.717) is 0 Å². The van der Waals surface area contributed by atoms with Crippen LogP contribution in [0.1, 0.15) is 18.4 Å². The first-order chi connectivity index (χ1) is 30.7. The van der Waals surface area contributed by atoms with Gasteiger partial charge in [-0.1, -0.05) is 188 Å². The van der Waals surface area contributed by atoms with Gasteiger partial charge in [-0.15, -0.1) is 0 Å². The van der Waals surface area contributed by atoms with E-state index in [0.717, 1.165) is 74.1 Å². The minimum absolute atomic E-state index is 0.899. The average Bonchev–Trinajstić information content (AvgIpc) is 3.74. The number of hydrogen-bond acceptors (Lipinski definition) is 2. The van der Waals surface area contributed by atoms with Crippen molar-refractivity contribution in [1.29, 1.82) is 0 Å². The molecule has 0 bridgehead atoms. The number of para-hydroxylation sites is 1. The zero-order valence-electron chi connectivity index (χ0n) is 34.3. The first kappa shape index (κ1) is 37.1. The Bertz CT molecular complexity index is 3230. The van der Waals surface area contributed by atoms with E-state index in [1.165, 1.54) is 44.5 Å². The molecule has 11 rings (SSSR count). The van der Waals surface area contributed by atoms with E-state index in [9.17, 15) is 0 Å². The number of hydrogen-bond donors (Lipinski definition) is 0. The molecule has 1 aliphatic rings. The van der Waals surface area contributed by atoms with Crippen molar-refractivity contribution in [1.82, 2.24) is 0 Å². The van der Waals surface area contributed by atoms with Gasteiger partial charge < -0.3 is 9.32 Å². The molecule has 294 valence electrons. The SMILES string of the molecule is C1=CC(c2cc(-c3ccc(-c4ccccc4)cc3N(c3ccc(-c4ccccc4)cc3)c3ccc(-c4ccc(-c5ccccc5)cc4)cc3)cc3c2oc2ccccc23)=CCC1. The van der Waals surface area contributed by atoms with Crippen LogP contribution in [0.5, 0.6) is 0 Å². The summed E-state index contributed by atoms with van der Waals surface area (Å²) in [7, 11) is 0. The molecule has 0 fully saturated rings. The summed E-state index contributed by atoms with van der Waals surface area (Å²) >= 11 is 0. The fraction of sp³-hybridized carbons (Fsp3) is 0.0333. The van der Waals surface area contributed by atoms with Gasteiger partial charge in [-0.05, 0) is 117 Å². The van der Waals surface area contributed by atoms with E-state index >= 15 is 0 Å². The van der Waals surface area contributed by atoms with Gasteiger partial charge in [0, 0.05) is 33.3 Å². The number of benzene rings is 9. The highest BCUT2D eigenvalue weighted by atomic mass is 16.3. The van der Waals surface area contributed by atoms with Gasteiger partial charge in [-0.25, -0.2) is 0 Å². The number of furan rings is 1. The molecule has 0 unspecified atom stereocenters. The molecular formula is C60H43NO. The Morgan fingerprint density at radius 3 is 1.39 bits per heavy atom. The van der Waals surface area contributed by atoms with E-state index < -0.39 is 0 Å². The van der Waals surface area contributed by atoms with E-state index in [1.54, 1.807) is 0 Å². The van der Waals surface area contributed by atoms with Gasteiger partial charge in [0.05, 0.1) is 5.69 Å². The second-order valence-electron chi connectivity index (χ2n) is 16.0. The maximum atomic E-state index is 6.66. The largest absolute Gasteiger partial charge is 0.455 e. The average molecular weight is 794 g/mol. The highest BCUT2D eigenvalue weighted by molar-refractivity contribution is 6.11. The molecule has 0 N–H and O–H groups in total. The van der Waals surface area contributed by atoms with Crippen LogP contribution in [0, 0.1) is 0 Å². The summed E-state index contributed by atoms with van der Waals surface area (Å²) in [6, 6.07) is 78.8. The predicted molar refractivity (Wildman–Crippen MR) is 262 cm³/mol. The van der Waals surface area contributed by atoms with E-state index in [4.69, 9.17) is 4.42 Å². The van der Waals surface area contributed by atoms with Crippen LogP contribution in [0.3, 0.4) is 0 Å². The Balaban J connectivity index is 1.11. The highest BCUT2D eigenvalue weighted by Crippen LogP contribution is 2.46. The molecule has 1 aromatic heterocycles. The van der Waals surface area contributed by atoms with Crippen LogP contribution in [-0.4, -0.2) is 0 Å². The predicted octanol–water partition coefficient (Wildman–Crippen LogP) is 17.1. The quantitative estimate of drug-likeness (QED) is 0.145. The molecule has 1 heterocycles. The smallest absolute Gasteiger partial charge is 0.143 e. The topological polar surface area (TPSA) is 16.4 Å². The van der Waals surface area contributed by atoms with Gasteiger partial charge in [0.15, 0.2) is 0 Å². The van der Waals surface area contributed by atoms with E-state index in [-0.39, 0.29) is 0 Å². The van der Waals surface area contributed by atoms with Crippen molar-refractivity contribution in [3.63, 3.8) is 0 Å². The minimum Gasteiger partial charge on any atom is -0.455 e. The molecule has 0 radical (unpaired) electrons. The summed E-state index contributed by atoms with van der Waals surface area (Å²) in [5.41, 5.74) is 19.1. The molecule has 1 aliphatic carbocycles. The minimum atomic E-state index is 0.899. The second kappa shape index (κ2) is 16.3. The monoisotopic (exact) mass is 793 g/mol. The lowest BCUT2D eigenvalue weighted by molar-refractivity contribution is 0.668. The van der Waals surface area contributed by atoms with Crippen LogP contribution >= 0.6 is 0 Å². The van der Waals surface area contributed by atoms with Crippen LogP contribution in [0.25, 0.3) is 83.1 Å². The summed E-state index contributed by atoms with van der Waals surface area (Å²) in [4.78, 5) is 2.43. The molecular weight excluding hydrogens is 751 g/mol. The summed E-state index contributed by atoms with van der Waals surface area (Å²) in [5, 5.41) is 2.24. The number of fused-ring (bicyclic) bond motifs is 3. The molecule has 0 saturated heterocycles. The van der Waals surface area contributed by atoms with Crippen molar-refractivity contribution in [2.24, 2.45) is 0 Å². The highest BCUT2D eigenvalue weighted by Gasteiger charge is 2.22. The van der Waals surface area contributed by atoms with E-state index in [1.807, 2.05) is 0 Å². The molecule has 2 heteroatoms. The summed E-state index contributed by atoms with van der Waals surface area (Å²) in [6.45, 7) is 0. The van der Waals surface area contributed by atoms with E-state index in [2.05, 4.69) is 242 Å². The third kappa shape index (κ3) is 7.12. The molecule has 2 nitrogen and oxygen atoms in total. The summed E-state index contributed by atoms with van der Waals surface area (Å²) in [5.74, 6) is 0. The Morgan fingerprint density at radius 2 is 0.839 bits per heavy atom. The molecule has 9 aromatic carbocycles. The maximum Gasteiger partial charge on any atom is 0.143 e. The number of allylic oxidation sites excluding steroid dienone is 4. The lowest BCUT2D eigenvalue weighted by atomic mass is 9.91. The first-order valence-corrected chi connectivity index (χ1v) is 21.5. The first-order valence-electron chi connectivity index (χ1n) is 21.5. The number of rotatable bonds is 9. The van der Waals surface area contributed by atoms with Gasteiger partial charge in [0.2, 0.25) is 0 Å². The number of nitrogens with zero attached hydrogens (tertiary/aromatic N) is 1. The van der Waals surface area contributed by atoms with Gasteiger partial charge in [0.25, 0.3) is 0 Å². The molecule has 62 heavy (non-hydrogen) atoms. The molecule has 0 atom stereocenters. The third-order valence-electron chi connectivity index (χ3n) is 12.1. The van der Waals surface area contributed by atoms with Crippen LogP contribution < -0.4 is 4.90 Å². The van der Waals surface area contributed by atoms with Crippen molar-refractivity contribution < 1.29 is 4.42 Å². The Labute approximate surface area is 363 Å². The van der Waals surface area contributed by atoms with Crippen molar-refractivity contribution in [2.75, 3.05) is 4.90 Å². The van der Waals surface area contributed by atoms with Gasteiger partial charge in [-0.3, -0.25) is 0 Å². The molecule has 0 saturated carbocycles. The van der Waals surface area contributed by atoms with Crippen LogP contribution in [0.15, 0.2) is 241 Å². The zero-order valence-corrected chi connectivity index (χ0v) is 34.3. The fourth-order valence-electron chi connectivity index (χ4n) is 8.93. The number of anilines is 3. The normalized spacial score (nSPS) is 12.4. The standard InChI is InChI=1S/C60H43NO/c1-5-15-42(16-6-1)45-25-27-46(28-26-45)48-31-36-53(37-32-48)61(52-34-29-47(30-35-52)43-17-7-2-8-18-43)58-41-50(44-19-9-3-10-20-44)33-38-54(58)51-39-56(49-21-11-4-12-22-49)60-57(40-51)55-23-13-14-24-59(55)62-60/h1-3,5-11,13-41H,4,12H2. The van der Waals surface area contributed by atoms with Crippen LogP contribution in [-0.2, 0) is 0 Å². The van der Waals surface area contributed by atoms with Gasteiger partial charge in [0.1, 0.15) is 11.2 Å². The molecule has 0 amide bonds. The Morgan fingerprint density at radius 1 is 0.355 bits per heavy atom. The van der Waals surface area contributed by atoms with Crippen molar-refractivity contribution >= 4 is 44.6 Å². The maximum absolute atomic E-state index is 6.66. The summed E-state index contributed by atoms with van der Waals surface area (Å²) < 4.78 is 6.66. The van der Waals surface area contributed by atoms with Crippen LogP contribution in [0.4, 0.5) is 17.1 Å². The van der Waals surface area contributed by atoms with Crippen molar-refractivity contribution in [3.05, 3.63) is 242 Å². The van der Waals surface area contributed by atoms with Gasteiger partial charge >= 0.3 is 0 Å². The molecule has 0 spiro atoms. The zero-order chi connectivity index (χ0) is 41.2. The Hall–Kier alpha value is -7.94. The fourth-order valence-corrected chi connectivity index (χ4v) is 8.93. The molecule has 0 aliphatic heterocycles. The second-order valence-corrected chi connectivity index (χ2v) is 16.0.